The van der Waals surface area contributed by atoms with Gasteiger partial charge in [-0.25, -0.2) is 4.98 Å². The Kier molecular flexibility index (Phi) is 4.96. The monoisotopic (exact) mass is 347 g/mol. The van der Waals surface area contributed by atoms with Crippen LogP contribution in [0, 0.1) is 6.92 Å². The van der Waals surface area contributed by atoms with Crippen LogP contribution >= 0.6 is 15.9 Å². The van der Waals surface area contributed by atoms with E-state index in [1.165, 1.54) is 5.56 Å². The second-order valence-electron chi connectivity index (χ2n) is 4.68. The van der Waals surface area contributed by atoms with Crippen molar-refractivity contribution in [2.24, 2.45) is 0 Å². The van der Waals surface area contributed by atoms with Crippen molar-refractivity contribution in [2.45, 2.75) is 13.8 Å². The van der Waals surface area contributed by atoms with Crippen molar-refractivity contribution in [3.8, 4) is 0 Å². The number of carbonyl (C=O) groups is 1. The Morgan fingerprint density at radius 1 is 1.33 bits per heavy atom. The molecule has 0 bridgehead atoms. The Morgan fingerprint density at radius 3 is 2.57 bits per heavy atom. The van der Waals surface area contributed by atoms with Crippen LogP contribution in [0.4, 0.5) is 11.5 Å². The minimum Gasteiger partial charge on any atom is -0.372 e. The Labute approximate surface area is 133 Å². The van der Waals surface area contributed by atoms with Crippen molar-refractivity contribution >= 4 is 33.3 Å². The Morgan fingerprint density at radius 2 is 2.00 bits per heavy atom. The van der Waals surface area contributed by atoms with Crippen LogP contribution < -0.4 is 10.2 Å². The lowest BCUT2D eigenvalue weighted by atomic mass is 10.1. The molecule has 1 aromatic heterocycles. The number of anilines is 2. The number of nitrogens with one attached hydrogen (secondary N) is 1. The molecule has 4 nitrogen and oxygen atoms in total. The zero-order valence-electron chi connectivity index (χ0n) is 12.4. The van der Waals surface area contributed by atoms with E-state index in [0.29, 0.717) is 17.9 Å². The molecule has 5 heteroatoms. The summed E-state index contributed by atoms with van der Waals surface area (Å²) in [6.07, 6.45) is 1.67. The average molecular weight is 348 g/mol. The minimum absolute atomic E-state index is 0.0699. The quantitative estimate of drug-likeness (QED) is 0.913. The Bertz CT molecular complexity index is 640. The van der Waals surface area contributed by atoms with Gasteiger partial charge in [0.15, 0.2) is 0 Å². The lowest BCUT2D eigenvalue weighted by Crippen LogP contribution is -2.31. The van der Waals surface area contributed by atoms with Crippen LogP contribution in [0.1, 0.15) is 22.8 Å². The van der Waals surface area contributed by atoms with Gasteiger partial charge >= 0.3 is 0 Å². The molecule has 0 atom stereocenters. The lowest BCUT2D eigenvalue weighted by Gasteiger charge is -2.22. The number of benzene rings is 1. The molecule has 0 radical (unpaired) electrons. The second kappa shape index (κ2) is 6.72. The van der Waals surface area contributed by atoms with Gasteiger partial charge < -0.3 is 10.2 Å². The Hall–Kier alpha value is -1.88. The van der Waals surface area contributed by atoms with E-state index in [9.17, 15) is 4.79 Å². The first kappa shape index (κ1) is 15.5. The molecule has 0 aliphatic rings. The largest absolute Gasteiger partial charge is 0.372 e. The Balaban J connectivity index is 2.41. The number of pyridine rings is 1. The van der Waals surface area contributed by atoms with Crippen LogP contribution in [-0.4, -0.2) is 24.5 Å². The molecule has 21 heavy (non-hydrogen) atoms. The van der Waals surface area contributed by atoms with Crippen LogP contribution in [0.15, 0.2) is 41.0 Å². The maximum Gasteiger partial charge on any atom is 0.262 e. The van der Waals surface area contributed by atoms with Gasteiger partial charge in [0.25, 0.3) is 5.91 Å². The number of hydrogen-bond acceptors (Lipinski definition) is 3. The van der Waals surface area contributed by atoms with Crippen molar-refractivity contribution in [3.63, 3.8) is 0 Å². The number of nitrogens with zero attached hydrogens (tertiary/aromatic N) is 2. The molecule has 0 unspecified atom stereocenters. The van der Waals surface area contributed by atoms with Crippen molar-refractivity contribution in [1.29, 1.82) is 0 Å². The molecule has 0 fully saturated rings. The van der Waals surface area contributed by atoms with Gasteiger partial charge in [-0.3, -0.25) is 4.79 Å². The van der Waals surface area contributed by atoms with E-state index in [1.807, 2.05) is 38.1 Å². The number of carbonyl (C=O) groups excluding carboxylic acids is 1. The summed E-state index contributed by atoms with van der Waals surface area (Å²) in [6, 6.07) is 9.72. The number of aromatic nitrogens is 1. The van der Waals surface area contributed by atoms with Gasteiger partial charge in [-0.15, -0.1) is 0 Å². The summed E-state index contributed by atoms with van der Waals surface area (Å²) < 4.78 is 0.782. The van der Waals surface area contributed by atoms with Gasteiger partial charge in [0, 0.05) is 29.9 Å². The van der Waals surface area contributed by atoms with Crippen LogP contribution in [0.2, 0.25) is 0 Å². The van der Waals surface area contributed by atoms with Crippen LogP contribution in [0.3, 0.4) is 0 Å². The number of aryl methyl sites for hydroxylation is 1. The van der Waals surface area contributed by atoms with Gasteiger partial charge in [-0.05, 0) is 48.0 Å². The third-order valence-electron chi connectivity index (χ3n) is 3.23. The summed E-state index contributed by atoms with van der Waals surface area (Å²) >= 11 is 3.37. The summed E-state index contributed by atoms with van der Waals surface area (Å²) in [6.45, 7) is 4.58. The third kappa shape index (κ3) is 3.42. The predicted molar refractivity (Wildman–Crippen MR) is 90.0 cm³/mol. The molecule has 0 saturated heterocycles. The highest BCUT2D eigenvalue weighted by atomic mass is 79.9. The molecule has 110 valence electrons. The van der Waals surface area contributed by atoms with Gasteiger partial charge in [-0.1, -0.05) is 17.7 Å². The normalized spacial score (nSPS) is 10.3. The average Bonchev–Trinajstić information content (AvgIpc) is 2.49. The summed E-state index contributed by atoms with van der Waals surface area (Å²) in [4.78, 5) is 18.8. The van der Waals surface area contributed by atoms with Crippen LogP contribution in [0.5, 0.6) is 0 Å². The van der Waals surface area contributed by atoms with Crippen LogP contribution in [-0.2, 0) is 0 Å². The van der Waals surface area contributed by atoms with Gasteiger partial charge in [-0.2, -0.15) is 0 Å². The summed E-state index contributed by atoms with van der Waals surface area (Å²) in [5.74, 6) is 0.508. The molecule has 0 aliphatic carbocycles. The molecule has 0 spiro atoms. The molecule has 1 aromatic carbocycles. The zero-order valence-corrected chi connectivity index (χ0v) is 13.9. The van der Waals surface area contributed by atoms with E-state index in [-0.39, 0.29) is 5.91 Å². The molecule has 2 aromatic rings. The highest BCUT2D eigenvalue weighted by Crippen LogP contribution is 2.23. The minimum atomic E-state index is -0.0699. The van der Waals surface area contributed by atoms with Crippen molar-refractivity contribution in [2.75, 3.05) is 23.8 Å². The fourth-order valence-electron chi connectivity index (χ4n) is 2.12. The predicted octanol–water partition coefficient (Wildman–Crippen LogP) is 3.86. The van der Waals surface area contributed by atoms with Gasteiger partial charge in [0.05, 0.1) is 5.56 Å². The fraction of sp³-hybridized carbons (Fsp3) is 0.250. The second-order valence-corrected chi connectivity index (χ2v) is 5.60. The van der Waals surface area contributed by atoms with E-state index in [1.54, 1.807) is 24.2 Å². The molecule has 1 heterocycles. The highest BCUT2D eigenvalue weighted by Gasteiger charge is 2.20. The van der Waals surface area contributed by atoms with Crippen molar-refractivity contribution < 1.29 is 4.79 Å². The van der Waals surface area contributed by atoms with E-state index in [2.05, 4.69) is 26.2 Å². The summed E-state index contributed by atoms with van der Waals surface area (Å²) in [7, 11) is 1.76. The number of rotatable bonds is 4. The third-order valence-corrected chi connectivity index (χ3v) is 3.66. The van der Waals surface area contributed by atoms with Crippen LogP contribution in [0.25, 0.3) is 0 Å². The SMILES string of the molecule is CCN(C(=O)c1cc(Br)cnc1NC)c1ccc(C)cc1. The van der Waals surface area contributed by atoms with E-state index >= 15 is 0 Å². The lowest BCUT2D eigenvalue weighted by molar-refractivity contribution is 0.0988. The van der Waals surface area contributed by atoms with E-state index < -0.39 is 0 Å². The molecule has 1 N–H and O–H groups in total. The van der Waals surface area contributed by atoms with Crippen molar-refractivity contribution in [3.05, 3.63) is 52.1 Å². The number of halogens is 1. The molecule has 1 amide bonds. The first-order valence-corrected chi connectivity index (χ1v) is 7.58. The molecule has 0 aliphatic heterocycles. The summed E-state index contributed by atoms with van der Waals surface area (Å²) in [5.41, 5.74) is 2.60. The smallest absolute Gasteiger partial charge is 0.262 e. The molecule has 2 rings (SSSR count). The first-order valence-electron chi connectivity index (χ1n) is 6.78. The van der Waals surface area contributed by atoms with E-state index in [4.69, 9.17) is 0 Å². The van der Waals surface area contributed by atoms with E-state index in [0.717, 1.165) is 10.2 Å². The highest BCUT2D eigenvalue weighted by molar-refractivity contribution is 9.10. The van der Waals surface area contributed by atoms with Crippen molar-refractivity contribution in [1.82, 2.24) is 4.98 Å². The first-order chi connectivity index (χ1) is 10.1. The molecular formula is C16H18BrN3O. The van der Waals surface area contributed by atoms with Gasteiger partial charge in [0.2, 0.25) is 0 Å². The zero-order chi connectivity index (χ0) is 15.4. The fourth-order valence-corrected chi connectivity index (χ4v) is 2.45. The van der Waals surface area contributed by atoms with Gasteiger partial charge in [0.1, 0.15) is 5.82 Å². The maximum atomic E-state index is 12.8. The molecule has 0 saturated carbocycles. The maximum absolute atomic E-state index is 12.8. The number of hydrogen-bond donors (Lipinski definition) is 1. The summed E-state index contributed by atoms with van der Waals surface area (Å²) in [5, 5.41) is 2.96. The molecular weight excluding hydrogens is 330 g/mol. The standard InChI is InChI=1S/C16H18BrN3O/c1-4-20(13-7-5-11(2)6-8-13)16(21)14-9-12(17)10-19-15(14)18-3/h5-10H,4H2,1-3H3,(H,18,19). The number of amides is 1. The topological polar surface area (TPSA) is 45.2 Å².